The molecular formula is C17H25N3S. The van der Waals surface area contributed by atoms with Crippen molar-refractivity contribution in [1.82, 2.24) is 9.97 Å². The summed E-state index contributed by atoms with van der Waals surface area (Å²) >= 11 is 1.79. The summed E-state index contributed by atoms with van der Waals surface area (Å²) in [6, 6.07) is 6.41. The van der Waals surface area contributed by atoms with Gasteiger partial charge in [-0.25, -0.2) is 9.97 Å². The van der Waals surface area contributed by atoms with Crippen molar-refractivity contribution in [2.24, 2.45) is 0 Å². The third kappa shape index (κ3) is 4.03. The van der Waals surface area contributed by atoms with Gasteiger partial charge >= 0.3 is 0 Å². The zero-order valence-electron chi connectivity index (χ0n) is 13.7. The van der Waals surface area contributed by atoms with Crippen molar-refractivity contribution in [3.63, 3.8) is 0 Å². The molecule has 114 valence electrons. The van der Waals surface area contributed by atoms with Crippen LogP contribution in [0.4, 0.5) is 5.82 Å². The molecule has 0 saturated carbocycles. The molecule has 0 radical (unpaired) electrons. The predicted octanol–water partition coefficient (Wildman–Crippen LogP) is 4.89. The zero-order chi connectivity index (χ0) is 15.5. The van der Waals surface area contributed by atoms with E-state index in [0.29, 0.717) is 0 Å². The van der Waals surface area contributed by atoms with Gasteiger partial charge in [0.05, 0.1) is 4.88 Å². The maximum atomic E-state index is 4.73. The van der Waals surface area contributed by atoms with Crippen LogP contribution in [-0.4, -0.2) is 16.5 Å². The summed E-state index contributed by atoms with van der Waals surface area (Å²) < 4.78 is 0. The molecular weight excluding hydrogens is 278 g/mol. The molecule has 0 saturated heterocycles. The van der Waals surface area contributed by atoms with E-state index in [0.717, 1.165) is 41.6 Å². The van der Waals surface area contributed by atoms with Crippen LogP contribution in [0, 0.1) is 0 Å². The van der Waals surface area contributed by atoms with Crippen LogP contribution in [0.5, 0.6) is 0 Å². The first-order valence-electron chi connectivity index (χ1n) is 7.66. The summed E-state index contributed by atoms with van der Waals surface area (Å²) in [6.45, 7) is 11.9. The van der Waals surface area contributed by atoms with Crippen molar-refractivity contribution in [1.29, 1.82) is 0 Å². The Morgan fingerprint density at radius 1 is 1.14 bits per heavy atom. The van der Waals surface area contributed by atoms with Gasteiger partial charge < -0.3 is 5.32 Å². The molecule has 0 aliphatic heterocycles. The first kappa shape index (κ1) is 16.0. The second kappa shape index (κ2) is 6.56. The van der Waals surface area contributed by atoms with E-state index in [1.165, 1.54) is 4.88 Å². The van der Waals surface area contributed by atoms with Crippen LogP contribution >= 0.6 is 11.3 Å². The van der Waals surface area contributed by atoms with E-state index in [1.54, 1.807) is 11.3 Å². The summed E-state index contributed by atoms with van der Waals surface area (Å²) in [5, 5.41) is 3.31. The number of hydrogen-bond acceptors (Lipinski definition) is 4. The Labute approximate surface area is 131 Å². The molecule has 2 aromatic heterocycles. The van der Waals surface area contributed by atoms with E-state index in [-0.39, 0.29) is 5.41 Å². The third-order valence-corrected chi connectivity index (χ3v) is 4.72. The number of thiophene rings is 1. The van der Waals surface area contributed by atoms with E-state index < -0.39 is 0 Å². The van der Waals surface area contributed by atoms with Crippen molar-refractivity contribution in [3.05, 3.63) is 28.8 Å². The standard InChI is InChI=1S/C17H25N3S/c1-6-8-12-11-15(18-7-2)20-16(19-12)13-9-10-14(21-13)17(3,4)5/h9-11H,6-8H2,1-5H3,(H,18,19,20). The van der Waals surface area contributed by atoms with Crippen molar-refractivity contribution in [2.75, 3.05) is 11.9 Å². The van der Waals surface area contributed by atoms with E-state index in [1.807, 2.05) is 0 Å². The molecule has 2 rings (SSSR count). The highest BCUT2D eigenvalue weighted by atomic mass is 32.1. The van der Waals surface area contributed by atoms with Crippen molar-refractivity contribution >= 4 is 17.2 Å². The average molecular weight is 303 g/mol. The molecule has 0 fully saturated rings. The molecule has 0 aliphatic carbocycles. The Morgan fingerprint density at radius 2 is 1.90 bits per heavy atom. The average Bonchev–Trinajstić information content (AvgIpc) is 2.88. The van der Waals surface area contributed by atoms with Crippen molar-refractivity contribution in [3.8, 4) is 10.7 Å². The third-order valence-electron chi connectivity index (χ3n) is 3.21. The van der Waals surface area contributed by atoms with Gasteiger partial charge in [-0.15, -0.1) is 11.3 Å². The summed E-state index contributed by atoms with van der Waals surface area (Å²) in [7, 11) is 0. The fourth-order valence-corrected chi connectivity index (χ4v) is 3.12. The van der Waals surface area contributed by atoms with Gasteiger partial charge in [-0.05, 0) is 30.9 Å². The van der Waals surface area contributed by atoms with Crippen LogP contribution in [0.3, 0.4) is 0 Å². The lowest BCUT2D eigenvalue weighted by Gasteiger charge is -2.15. The Bertz CT molecular complexity index is 572. The minimum Gasteiger partial charge on any atom is -0.370 e. The Balaban J connectivity index is 2.39. The maximum Gasteiger partial charge on any atom is 0.171 e. The van der Waals surface area contributed by atoms with Gasteiger partial charge in [0.25, 0.3) is 0 Å². The number of nitrogens with zero attached hydrogens (tertiary/aromatic N) is 2. The van der Waals surface area contributed by atoms with E-state index in [9.17, 15) is 0 Å². The molecule has 0 unspecified atom stereocenters. The molecule has 21 heavy (non-hydrogen) atoms. The Kier molecular flexibility index (Phi) is 4.99. The van der Waals surface area contributed by atoms with Gasteiger partial charge in [0, 0.05) is 23.2 Å². The maximum absolute atomic E-state index is 4.73. The smallest absolute Gasteiger partial charge is 0.171 e. The molecule has 0 aliphatic rings. The number of nitrogens with one attached hydrogen (secondary N) is 1. The number of aryl methyl sites for hydroxylation is 1. The van der Waals surface area contributed by atoms with E-state index in [4.69, 9.17) is 4.98 Å². The SMILES string of the molecule is CCCc1cc(NCC)nc(-c2ccc(C(C)(C)C)s2)n1. The predicted molar refractivity (Wildman–Crippen MR) is 92.2 cm³/mol. The minimum absolute atomic E-state index is 0.175. The molecule has 3 nitrogen and oxygen atoms in total. The molecule has 0 aromatic carbocycles. The first-order chi connectivity index (χ1) is 9.94. The minimum atomic E-state index is 0.175. The van der Waals surface area contributed by atoms with E-state index in [2.05, 4.69) is 63.1 Å². The summed E-state index contributed by atoms with van der Waals surface area (Å²) in [5.74, 6) is 1.77. The number of aromatic nitrogens is 2. The quantitative estimate of drug-likeness (QED) is 0.855. The fourth-order valence-electron chi connectivity index (χ4n) is 2.12. The van der Waals surface area contributed by atoms with Crippen molar-refractivity contribution < 1.29 is 0 Å². The van der Waals surface area contributed by atoms with Crippen molar-refractivity contribution in [2.45, 2.75) is 52.9 Å². The number of hydrogen-bond donors (Lipinski definition) is 1. The Morgan fingerprint density at radius 3 is 2.48 bits per heavy atom. The molecule has 0 atom stereocenters. The molecule has 0 bridgehead atoms. The second-order valence-electron chi connectivity index (χ2n) is 6.26. The lowest BCUT2D eigenvalue weighted by molar-refractivity contribution is 0.604. The van der Waals surface area contributed by atoms with Crippen LogP contribution in [0.2, 0.25) is 0 Å². The van der Waals surface area contributed by atoms with Gasteiger partial charge in [0.2, 0.25) is 0 Å². The van der Waals surface area contributed by atoms with E-state index >= 15 is 0 Å². The summed E-state index contributed by atoms with van der Waals surface area (Å²) in [5.41, 5.74) is 1.29. The molecule has 1 N–H and O–H groups in total. The lowest BCUT2D eigenvalue weighted by Crippen LogP contribution is -2.07. The van der Waals surface area contributed by atoms with Crippen LogP contribution in [0.25, 0.3) is 10.7 Å². The highest BCUT2D eigenvalue weighted by Gasteiger charge is 2.18. The highest BCUT2D eigenvalue weighted by molar-refractivity contribution is 7.15. The largest absolute Gasteiger partial charge is 0.370 e. The highest BCUT2D eigenvalue weighted by Crippen LogP contribution is 2.34. The Hall–Kier alpha value is -1.42. The number of rotatable bonds is 5. The van der Waals surface area contributed by atoms with Gasteiger partial charge in [-0.2, -0.15) is 0 Å². The molecule has 2 heterocycles. The monoisotopic (exact) mass is 303 g/mol. The summed E-state index contributed by atoms with van der Waals surface area (Å²) in [4.78, 5) is 11.9. The zero-order valence-corrected chi connectivity index (χ0v) is 14.5. The lowest BCUT2D eigenvalue weighted by atomic mass is 9.95. The van der Waals surface area contributed by atoms with Gasteiger partial charge in [0.15, 0.2) is 5.82 Å². The fraction of sp³-hybridized carbons (Fsp3) is 0.529. The first-order valence-corrected chi connectivity index (χ1v) is 8.48. The van der Waals surface area contributed by atoms with Gasteiger partial charge in [-0.3, -0.25) is 0 Å². The molecule has 4 heteroatoms. The number of anilines is 1. The second-order valence-corrected chi connectivity index (χ2v) is 7.35. The van der Waals surface area contributed by atoms with Crippen LogP contribution < -0.4 is 5.32 Å². The molecule has 0 amide bonds. The van der Waals surface area contributed by atoms with Crippen LogP contribution in [-0.2, 0) is 11.8 Å². The molecule has 0 spiro atoms. The van der Waals surface area contributed by atoms with Gasteiger partial charge in [-0.1, -0.05) is 34.1 Å². The van der Waals surface area contributed by atoms with Crippen LogP contribution in [0.15, 0.2) is 18.2 Å². The normalized spacial score (nSPS) is 11.7. The van der Waals surface area contributed by atoms with Gasteiger partial charge in [0.1, 0.15) is 5.82 Å². The topological polar surface area (TPSA) is 37.8 Å². The summed E-state index contributed by atoms with van der Waals surface area (Å²) in [6.07, 6.45) is 2.09. The van der Waals surface area contributed by atoms with Crippen LogP contribution in [0.1, 0.15) is 51.6 Å². The molecule has 2 aromatic rings.